The molecule has 0 spiro atoms. The lowest BCUT2D eigenvalue weighted by atomic mass is 9.93. The molecule has 0 radical (unpaired) electrons. The summed E-state index contributed by atoms with van der Waals surface area (Å²) in [6.45, 7) is 3.32. The summed E-state index contributed by atoms with van der Waals surface area (Å²) in [6.07, 6.45) is 1.82. The number of nitrogens with zero attached hydrogens (tertiary/aromatic N) is 2. The number of carbonyl (C=O) groups is 1. The molecule has 0 N–H and O–H groups in total. The first-order chi connectivity index (χ1) is 14.4. The number of thiazole rings is 1. The molecule has 0 saturated heterocycles. The topological polar surface area (TPSA) is 60.7 Å². The molecule has 5 nitrogen and oxygen atoms in total. The summed E-state index contributed by atoms with van der Waals surface area (Å²) >= 11 is 7.27. The number of rotatable bonds is 4. The van der Waals surface area contributed by atoms with Gasteiger partial charge in [0.25, 0.3) is 5.56 Å². The van der Waals surface area contributed by atoms with Gasteiger partial charge in [-0.25, -0.2) is 4.99 Å². The van der Waals surface area contributed by atoms with Crippen molar-refractivity contribution < 1.29 is 9.53 Å². The number of hydrogen-bond acceptors (Lipinski definition) is 5. The largest absolute Gasteiger partial charge is 0.497 e. The molecule has 0 fully saturated rings. The van der Waals surface area contributed by atoms with Crippen LogP contribution >= 0.6 is 22.9 Å². The second-order valence-corrected chi connectivity index (χ2v) is 8.41. The highest BCUT2D eigenvalue weighted by atomic mass is 35.5. The van der Waals surface area contributed by atoms with Crippen LogP contribution in [0.4, 0.5) is 0 Å². The molecule has 0 amide bonds. The number of ether oxygens (including phenoxy) is 1. The van der Waals surface area contributed by atoms with Crippen molar-refractivity contribution in [2.45, 2.75) is 19.9 Å². The maximum atomic E-state index is 13.4. The minimum absolute atomic E-state index is 0.107. The van der Waals surface area contributed by atoms with Gasteiger partial charge in [-0.05, 0) is 55.3 Å². The molecule has 2 heterocycles. The van der Waals surface area contributed by atoms with Crippen LogP contribution in [-0.4, -0.2) is 17.5 Å². The van der Waals surface area contributed by atoms with Crippen molar-refractivity contribution in [2.75, 3.05) is 7.11 Å². The van der Waals surface area contributed by atoms with Gasteiger partial charge in [-0.3, -0.25) is 14.2 Å². The van der Waals surface area contributed by atoms with E-state index in [1.54, 1.807) is 23.8 Å². The summed E-state index contributed by atoms with van der Waals surface area (Å²) in [6, 6.07) is 14.1. The van der Waals surface area contributed by atoms with E-state index in [0.717, 1.165) is 11.1 Å². The lowest BCUT2D eigenvalue weighted by molar-refractivity contribution is -0.114. The Kier molecular flexibility index (Phi) is 5.45. The number of halogens is 1. The number of hydrogen-bond donors (Lipinski definition) is 0. The van der Waals surface area contributed by atoms with Crippen LogP contribution in [0.2, 0.25) is 5.02 Å². The monoisotopic (exact) mass is 438 g/mol. The van der Waals surface area contributed by atoms with Crippen LogP contribution in [0.5, 0.6) is 5.75 Å². The number of ketones is 1. The van der Waals surface area contributed by atoms with E-state index in [1.165, 1.54) is 18.3 Å². The van der Waals surface area contributed by atoms with E-state index in [9.17, 15) is 9.59 Å². The molecular weight excluding hydrogens is 420 g/mol. The Balaban J connectivity index is 1.94. The smallest absolute Gasteiger partial charge is 0.271 e. The van der Waals surface area contributed by atoms with E-state index in [-0.39, 0.29) is 11.3 Å². The normalized spacial score (nSPS) is 16.3. The van der Waals surface area contributed by atoms with Crippen molar-refractivity contribution in [3.8, 4) is 5.75 Å². The summed E-state index contributed by atoms with van der Waals surface area (Å²) in [7, 11) is 1.60. The molecule has 0 aliphatic carbocycles. The highest BCUT2D eigenvalue weighted by Crippen LogP contribution is 2.31. The van der Waals surface area contributed by atoms with Gasteiger partial charge >= 0.3 is 0 Å². The Morgan fingerprint density at radius 1 is 1.17 bits per heavy atom. The Morgan fingerprint density at radius 3 is 2.43 bits per heavy atom. The number of fused-ring (bicyclic) bond motifs is 1. The molecular formula is C23H19ClN2O3S. The summed E-state index contributed by atoms with van der Waals surface area (Å²) in [5.74, 6) is 0.600. The summed E-state index contributed by atoms with van der Waals surface area (Å²) in [5.41, 5.74) is 2.66. The highest BCUT2D eigenvalue weighted by Gasteiger charge is 2.30. The molecule has 4 rings (SSSR count). The lowest BCUT2D eigenvalue weighted by Crippen LogP contribution is -2.39. The van der Waals surface area contributed by atoms with Crippen LogP contribution < -0.4 is 19.6 Å². The maximum absolute atomic E-state index is 13.4. The number of allylic oxidation sites excluding steroid dienone is 2. The average Bonchev–Trinajstić information content (AvgIpc) is 3.03. The maximum Gasteiger partial charge on any atom is 0.271 e. The van der Waals surface area contributed by atoms with Gasteiger partial charge in [0.2, 0.25) is 0 Å². The van der Waals surface area contributed by atoms with Crippen molar-refractivity contribution in [3.63, 3.8) is 0 Å². The first-order valence-corrected chi connectivity index (χ1v) is 10.5. The van der Waals surface area contributed by atoms with Gasteiger partial charge in [-0.15, -0.1) is 0 Å². The van der Waals surface area contributed by atoms with Crippen LogP contribution in [0, 0.1) is 0 Å². The molecule has 30 heavy (non-hydrogen) atoms. The lowest BCUT2D eigenvalue weighted by Gasteiger charge is -2.24. The molecule has 1 aliphatic heterocycles. The molecule has 1 aromatic heterocycles. The predicted molar refractivity (Wildman–Crippen MR) is 119 cm³/mol. The van der Waals surface area contributed by atoms with Gasteiger partial charge in [0.1, 0.15) is 5.75 Å². The second kappa shape index (κ2) is 8.05. The van der Waals surface area contributed by atoms with Crippen LogP contribution in [0.3, 0.4) is 0 Å². The fraction of sp³-hybridized carbons (Fsp3) is 0.174. The molecule has 1 atom stereocenters. The molecule has 0 unspecified atom stereocenters. The van der Waals surface area contributed by atoms with Gasteiger partial charge in [-0.2, -0.15) is 0 Å². The van der Waals surface area contributed by atoms with Crippen molar-refractivity contribution in [1.29, 1.82) is 0 Å². The van der Waals surface area contributed by atoms with Crippen molar-refractivity contribution in [2.24, 2.45) is 4.99 Å². The number of Topliss-reactive ketones (excluding diaryl/α,β-unsaturated/α-hetero) is 1. The van der Waals surface area contributed by atoms with Gasteiger partial charge in [0.15, 0.2) is 10.6 Å². The molecule has 3 aromatic rings. The number of benzene rings is 2. The third kappa shape index (κ3) is 3.64. The summed E-state index contributed by atoms with van der Waals surface area (Å²) in [5, 5.41) is 0.634. The number of methoxy groups -OCH3 is 1. The first-order valence-electron chi connectivity index (χ1n) is 9.32. The molecule has 2 aromatic carbocycles. The Hall–Kier alpha value is -2.96. The third-order valence-electron chi connectivity index (χ3n) is 5.00. The fourth-order valence-corrected chi connectivity index (χ4v) is 4.76. The number of carbonyl (C=O) groups excluding carboxylic acids is 1. The Bertz CT molecular complexity index is 1330. The average molecular weight is 439 g/mol. The minimum atomic E-state index is -0.531. The van der Waals surface area contributed by atoms with E-state index < -0.39 is 6.04 Å². The standard InChI is InChI=1S/C23H19ClN2O3S/c1-13-20(14(2)27)21(16-6-10-18(29-3)11-7-16)26-22(28)19(30-23(26)25-13)12-15-4-8-17(24)9-5-15/h4-12,21H,1-3H3/b19-12+/t21-/m1/s1. The molecule has 0 bridgehead atoms. The Morgan fingerprint density at radius 2 is 1.83 bits per heavy atom. The van der Waals surface area contributed by atoms with Crippen LogP contribution in [0.15, 0.2) is 69.6 Å². The zero-order chi connectivity index (χ0) is 21.4. The highest BCUT2D eigenvalue weighted by molar-refractivity contribution is 7.07. The van der Waals surface area contributed by atoms with Crippen LogP contribution in [0.25, 0.3) is 6.08 Å². The van der Waals surface area contributed by atoms with Gasteiger partial charge in [0.05, 0.1) is 17.7 Å². The van der Waals surface area contributed by atoms with Crippen LogP contribution in [-0.2, 0) is 4.79 Å². The van der Waals surface area contributed by atoms with Crippen molar-refractivity contribution >= 4 is 34.8 Å². The van der Waals surface area contributed by atoms with E-state index in [4.69, 9.17) is 16.3 Å². The van der Waals surface area contributed by atoms with Gasteiger partial charge < -0.3 is 4.74 Å². The van der Waals surface area contributed by atoms with E-state index in [2.05, 4.69) is 4.99 Å². The van der Waals surface area contributed by atoms with Crippen LogP contribution in [0.1, 0.15) is 31.0 Å². The zero-order valence-corrected chi connectivity index (χ0v) is 18.3. The minimum Gasteiger partial charge on any atom is -0.497 e. The SMILES string of the molecule is COc1ccc([C@@H]2C(C(C)=O)=C(C)N=c3s/c(=C/c4ccc(Cl)cc4)c(=O)n32)cc1. The summed E-state index contributed by atoms with van der Waals surface area (Å²) < 4.78 is 7.40. The van der Waals surface area contributed by atoms with Crippen molar-refractivity contribution in [1.82, 2.24) is 4.57 Å². The molecule has 0 saturated carbocycles. The second-order valence-electron chi connectivity index (χ2n) is 6.96. The fourth-order valence-electron chi connectivity index (χ4n) is 3.58. The zero-order valence-electron chi connectivity index (χ0n) is 16.7. The molecule has 7 heteroatoms. The van der Waals surface area contributed by atoms with E-state index in [1.807, 2.05) is 49.4 Å². The summed E-state index contributed by atoms with van der Waals surface area (Å²) in [4.78, 5) is 31.0. The molecule has 152 valence electrons. The van der Waals surface area contributed by atoms with E-state index >= 15 is 0 Å². The van der Waals surface area contributed by atoms with Gasteiger partial charge in [0, 0.05) is 16.3 Å². The predicted octanol–water partition coefficient (Wildman–Crippen LogP) is 3.49. The van der Waals surface area contributed by atoms with Crippen molar-refractivity contribution in [3.05, 3.63) is 95.6 Å². The van der Waals surface area contributed by atoms with E-state index in [0.29, 0.717) is 31.4 Å². The van der Waals surface area contributed by atoms with Gasteiger partial charge in [-0.1, -0.05) is 47.2 Å². The molecule has 1 aliphatic rings. The quantitative estimate of drug-likeness (QED) is 0.626. The number of aromatic nitrogens is 1. The first kappa shape index (κ1) is 20.3. The Labute approximate surface area is 182 Å². The third-order valence-corrected chi connectivity index (χ3v) is 6.24.